The Morgan fingerprint density at radius 2 is 2.19 bits per heavy atom. The average molecular weight is 290 g/mol. The van der Waals surface area contributed by atoms with Crippen molar-refractivity contribution in [3.05, 3.63) is 41.5 Å². The molecule has 0 saturated carbocycles. The van der Waals surface area contributed by atoms with Crippen LogP contribution >= 0.6 is 0 Å². The molecule has 0 aliphatic rings. The van der Waals surface area contributed by atoms with Gasteiger partial charge in [-0.2, -0.15) is 4.98 Å². The molecule has 21 heavy (non-hydrogen) atoms. The number of nitrogens with zero attached hydrogens (tertiary/aromatic N) is 2. The van der Waals surface area contributed by atoms with Gasteiger partial charge in [-0.25, -0.2) is 0 Å². The van der Waals surface area contributed by atoms with E-state index in [2.05, 4.69) is 10.1 Å². The summed E-state index contributed by atoms with van der Waals surface area (Å²) < 4.78 is 10.3. The molecule has 1 N–H and O–H groups in total. The number of ether oxygens (including phenoxy) is 1. The van der Waals surface area contributed by atoms with E-state index in [1.54, 1.807) is 21.0 Å². The van der Waals surface area contributed by atoms with Gasteiger partial charge in [0, 0.05) is 12.3 Å². The highest BCUT2D eigenvalue weighted by Crippen LogP contribution is 2.23. The van der Waals surface area contributed by atoms with E-state index >= 15 is 0 Å². The Kier molecular flexibility index (Phi) is 4.57. The van der Waals surface area contributed by atoms with Crippen molar-refractivity contribution in [1.82, 2.24) is 10.1 Å². The summed E-state index contributed by atoms with van der Waals surface area (Å²) in [5.74, 6) is -0.131. The molecule has 2 unspecified atom stereocenters. The van der Waals surface area contributed by atoms with Gasteiger partial charge in [0.05, 0.1) is 13.0 Å². The lowest BCUT2D eigenvalue weighted by Gasteiger charge is -2.10. The zero-order valence-electron chi connectivity index (χ0n) is 12.2. The molecule has 6 nitrogen and oxygen atoms in total. The normalized spacial score (nSPS) is 13.7. The molecule has 0 bridgehead atoms. The first-order valence-corrected chi connectivity index (χ1v) is 6.69. The summed E-state index contributed by atoms with van der Waals surface area (Å²) in [4.78, 5) is 15.3. The molecule has 0 aliphatic carbocycles. The molecule has 1 aromatic heterocycles. The van der Waals surface area contributed by atoms with Crippen molar-refractivity contribution in [2.45, 2.75) is 26.2 Å². The van der Waals surface area contributed by atoms with Gasteiger partial charge in [0.15, 0.2) is 5.82 Å². The summed E-state index contributed by atoms with van der Waals surface area (Å²) >= 11 is 0. The van der Waals surface area contributed by atoms with Gasteiger partial charge in [-0.15, -0.1) is 0 Å². The molecule has 2 aromatic rings. The molecule has 112 valence electrons. The fourth-order valence-corrected chi connectivity index (χ4v) is 1.92. The van der Waals surface area contributed by atoms with Crippen LogP contribution < -0.4 is 4.74 Å². The molecule has 2 atom stereocenters. The van der Waals surface area contributed by atoms with E-state index in [1.807, 2.05) is 24.3 Å². The van der Waals surface area contributed by atoms with Crippen LogP contribution in [0.25, 0.3) is 0 Å². The van der Waals surface area contributed by atoms with Crippen LogP contribution in [-0.4, -0.2) is 28.3 Å². The second-order valence-electron chi connectivity index (χ2n) is 4.99. The predicted molar refractivity (Wildman–Crippen MR) is 75.3 cm³/mol. The van der Waals surface area contributed by atoms with E-state index in [9.17, 15) is 4.79 Å². The largest absolute Gasteiger partial charge is 0.497 e. The third-order valence-corrected chi connectivity index (χ3v) is 3.51. The van der Waals surface area contributed by atoms with Gasteiger partial charge in [-0.1, -0.05) is 31.1 Å². The van der Waals surface area contributed by atoms with Crippen molar-refractivity contribution < 1.29 is 19.2 Å². The Bertz CT molecular complexity index is 624. The van der Waals surface area contributed by atoms with Crippen LogP contribution in [0.4, 0.5) is 0 Å². The average Bonchev–Trinajstić information content (AvgIpc) is 2.94. The van der Waals surface area contributed by atoms with E-state index < -0.39 is 11.9 Å². The lowest BCUT2D eigenvalue weighted by molar-refractivity contribution is -0.141. The lowest BCUT2D eigenvalue weighted by atomic mass is 9.96. The molecule has 0 aliphatic heterocycles. The molecular formula is C15H18N2O4. The van der Waals surface area contributed by atoms with Gasteiger partial charge in [0.2, 0.25) is 5.89 Å². The second-order valence-corrected chi connectivity index (χ2v) is 4.99. The molecule has 1 heterocycles. The minimum Gasteiger partial charge on any atom is -0.497 e. The van der Waals surface area contributed by atoms with Gasteiger partial charge in [0.1, 0.15) is 5.75 Å². The smallest absolute Gasteiger partial charge is 0.307 e. The number of hydrogen-bond donors (Lipinski definition) is 1. The Morgan fingerprint density at radius 3 is 2.86 bits per heavy atom. The summed E-state index contributed by atoms with van der Waals surface area (Å²) in [6, 6.07) is 7.60. The molecule has 0 fully saturated rings. The van der Waals surface area contributed by atoms with E-state index in [-0.39, 0.29) is 5.92 Å². The van der Waals surface area contributed by atoms with Gasteiger partial charge >= 0.3 is 5.97 Å². The van der Waals surface area contributed by atoms with Crippen molar-refractivity contribution in [1.29, 1.82) is 0 Å². The topological polar surface area (TPSA) is 85.5 Å². The zero-order valence-corrected chi connectivity index (χ0v) is 12.2. The van der Waals surface area contributed by atoms with Crippen LogP contribution in [0.5, 0.6) is 5.75 Å². The monoisotopic (exact) mass is 290 g/mol. The molecule has 0 spiro atoms. The van der Waals surface area contributed by atoms with Crippen LogP contribution in [0.1, 0.15) is 37.0 Å². The fraction of sp³-hybridized carbons (Fsp3) is 0.400. The number of carboxylic acids is 1. The van der Waals surface area contributed by atoms with E-state index in [0.717, 1.165) is 11.3 Å². The highest BCUT2D eigenvalue weighted by molar-refractivity contribution is 5.70. The fourth-order valence-electron chi connectivity index (χ4n) is 1.92. The molecule has 0 saturated heterocycles. The third-order valence-electron chi connectivity index (χ3n) is 3.51. The molecule has 2 rings (SSSR count). The summed E-state index contributed by atoms with van der Waals surface area (Å²) in [7, 11) is 1.61. The van der Waals surface area contributed by atoms with Crippen LogP contribution in [0.3, 0.4) is 0 Å². The maximum atomic E-state index is 11.0. The Morgan fingerprint density at radius 1 is 1.43 bits per heavy atom. The van der Waals surface area contributed by atoms with E-state index in [0.29, 0.717) is 18.1 Å². The van der Waals surface area contributed by atoms with Crippen molar-refractivity contribution in [2.75, 3.05) is 7.11 Å². The van der Waals surface area contributed by atoms with E-state index in [1.165, 1.54) is 0 Å². The molecule has 6 heteroatoms. The van der Waals surface area contributed by atoms with Gasteiger partial charge in [0.25, 0.3) is 0 Å². The summed E-state index contributed by atoms with van der Waals surface area (Å²) in [5, 5.41) is 12.9. The number of carbonyl (C=O) groups is 1. The number of hydrogen-bond acceptors (Lipinski definition) is 5. The first-order valence-electron chi connectivity index (χ1n) is 6.69. The SMILES string of the molecule is COc1cccc(Cc2noc(C(C)C(C)C(=O)O)n2)c1. The maximum absolute atomic E-state index is 11.0. The third kappa shape index (κ3) is 3.59. The highest BCUT2D eigenvalue weighted by Gasteiger charge is 2.25. The molecular weight excluding hydrogens is 272 g/mol. The summed E-state index contributed by atoms with van der Waals surface area (Å²) in [6.45, 7) is 3.39. The lowest BCUT2D eigenvalue weighted by Crippen LogP contribution is -2.16. The van der Waals surface area contributed by atoms with Gasteiger partial charge < -0.3 is 14.4 Å². The van der Waals surface area contributed by atoms with Gasteiger partial charge in [-0.05, 0) is 17.7 Å². The zero-order chi connectivity index (χ0) is 15.4. The van der Waals surface area contributed by atoms with Crippen molar-refractivity contribution >= 4 is 5.97 Å². The first kappa shape index (κ1) is 15.0. The van der Waals surface area contributed by atoms with Crippen LogP contribution in [0.2, 0.25) is 0 Å². The number of methoxy groups -OCH3 is 1. The van der Waals surface area contributed by atoms with Crippen LogP contribution in [0, 0.1) is 5.92 Å². The molecule has 0 amide bonds. The number of aromatic nitrogens is 2. The number of rotatable bonds is 6. The highest BCUT2D eigenvalue weighted by atomic mass is 16.5. The minimum absolute atomic E-state index is 0.325. The van der Waals surface area contributed by atoms with Crippen LogP contribution in [-0.2, 0) is 11.2 Å². The standard InChI is InChI=1S/C15H18N2O4/c1-9(10(2)15(18)19)14-16-13(17-21-14)8-11-5-4-6-12(7-11)20-3/h4-7,9-10H,8H2,1-3H3,(H,18,19). The van der Waals surface area contributed by atoms with Gasteiger partial charge in [-0.3, -0.25) is 4.79 Å². The Balaban J connectivity index is 2.11. The van der Waals surface area contributed by atoms with Crippen molar-refractivity contribution in [3.8, 4) is 5.75 Å². The summed E-state index contributed by atoms with van der Waals surface area (Å²) in [5.41, 5.74) is 1.00. The first-order chi connectivity index (χ1) is 10.0. The minimum atomic E-state index is -0.880. The number of carboxylic acid groups (broad SMARTS) is 1. The number of aliphatic carboxylic acids is 1. The maximum Gasteiger partial charge on any atom is 0.307 e. The second kappa shape index (κ2) is 6.39. The predicted octanol–water partition coefficient (Wildman–Crippen LogP) is 2.49. The number of benzene rings is 1. The van der Waals surface area contributed by atoms with Crippen molar-refractivity contribution in [3.63, 3.8) is 0 Å². The Hall–Kier alpha value is -2.37. The van der Waals surface area contributed by atoms with E-state index in [4.69, 9.17) is 14.4 Å². The Labute approximate surface area is 122 Å². The van der Waals surface area contributed by atoms with Crippen molar-refractivity contribution in [2.24, 2.45) is 5.92 Å². The molecule has 0 radical (unpaired) electrons. The van der Waals surface area contributed by atoms with Crippen LogP contribution in [0.15, 0.2) is 28.8 Å². The summed E-state index contributed by atoms with van der Waals surface area (Å²) in [6.07, 6.45) is 0.509. The molecule has 1 aromatic carbocycles. The quantitative estimate of drug-likeness (QED) is 0.879.